The van der Waals surface area contributed by atoms with Crippen LogP contribution in [0.4, 0.5) is 0 Å². The maximum atomic E-state index is 12.6. The monoisotopic (exact) mass is 283 g/mol. The predicted octanol–water partition coefficient (Wildman–Crippen LogP) is 2.30. The molecule has 1 N–H and O–H groups in total. The molecule has 0 saturated heterocycles. The highest BCUT2D eigenvalue weighted by Gasteiger charge is 2.44. The molecule has 0 amide bonds. The second kappa shape index (κ2) is 5.51. The van der Waals surface area contributed by atoms with Crippen molar-refractivity contribution in [3.8, 4) is 5.75 Å². The first kappa shape index (κ1) is 14.3. The third kappa shape index (κ3) is 2.37. The van der Waals surface area contributed by atoms with E-state index in [1.54, 1.807) is 19.2 Å². The summed E-state index contributed by atoms with van der Waals surface area (Å²) >= 11 is 0. The van der Waals surface area contributed by atoms with E-state index in [2.05, 4.69) is 5.32 Å². The van der Waals surface area contributed by atoms with Crippen molar-refractivity contribution in [2.24, 2.45) is 0 Å². The summed E-state index contributed by atoms with van der Waals surface area (Å²) in [5.74, 6) is 0.703. The van der Waals surface area contributed by atoms with Gasteiger partial charge in [-0.25, -0.2) is 8.42 Å². The van der Waals surface area contributed by atoms with E-state index in [0.29, 0.717) is 17.1 Å². The number of methoxy groups -OCH3 is 1. The highest BCUT2D eigenvalue weighted by atomic mass is 32.2. The van der Waals surface area contributed by atoms with Gasteiger partial charge in [0.1, 0.15) is 5.75 Å². The fourth-order valence-corrected chi connectivity index (χ4v) is 5.01. The molecular formula is C14H21NO3S. The molecule has 1 aromatic carbocycles. The molecule has 106 valence electrons. The highest BCUT2D eigenvalue weighted by Crippen LogP contribution is 2.42. The summed E-state index contributed by atoms with van der Waals surface area (Å²) in [7, 11) is -1.63. The summed E-state index contributed by atoms with van der Waals surface area (Å²) in [5.41, 5.74) is 0.847. The molecule has 1 aromatic rings. The Labute approximate surface area is 115 Å². The molecule has 1 aliphatic heterocycles. The summed E-state index contributed by atoms with van der Waals surface area (Å²) in [5, 5.41) is 2.95. The van der Waals surface area contributed by atoms with Gasteiger partial charge in [-0.1, -0.05) is 20.3 Å². The number of fused-ring (bicyclic) bond motifs is 1. The van der Waals surface area contributed by atoms with Gasteiger partial charge in [-0.2, -0.15) is 0 Å². The van der Waals surface area contributed by atoms with Crippen molar-refractivity contribution in [2.45, 2.75) is 42.9 Å². The third-order valence-corrected chi connectivity index (χ3v) is 5.92. The smallest absolute Gasteiger partial charge is 0.183 e. The van der Waals surface area contributed by atoms with E-state index >= 15 is 0 Å². The fourth-order valence-electron chi connectivity index (χ4n) is 2.77. The number of hydrogen-bond donors (Lipinski definition) is 1. The van der Waals surface area contributed by atoms with Crippen LogP contribution in [0, 0.1) is 0 Å². The van der Waals surface area contributed by atoms with Crippen molar-refractivity contribution in [3.05, 3.63) is 23.8 Å². The van der Waals surface area contributed by atoms with E-state index < -0.39 is 9.84 Å². The summed E-state index contributed by atoms with van der Waals surface area (Å²) in [6.45, 7) is 4.76. The number of benzene rings is 1. The minimum Gasteiger partial charge on any atom is -0.497 e. The van der Waals surface area contributed by atoms with E-state index in [0.717, 1.165) is 18.5 Å². The maximum Gasteiger partial charge on any atom is 0.183 e. The summed E-state index contributed by atoms with van der Waals surface area (Å²) in [6.07, 6.45) is 1.54. The van der Waals surface area contributed by atoms with Crippen LogP contribution in [0.15, 0.2) is 23.1 Å². The highest BCUT2D eigenvalue weighted by molar-refractivity contribution is 7.92. The van der Waals surface area contributed by atoms with Crippen LogP contribution < -0.4 is 10.1 Å². The minimum atomic E-state index is -3.22. The molecule has 1 aliphatic rings. The Hall–Kier alpha value is -1.07. The number of nitrogens with one attached hydrogen (secondary N) is 1. The number of ether oxygens (including phenoxy) is 1. The Morgan fingerprint density at radius 3 is 2.63 bits per heavy atom. The lowest BCUT2D eigenvalue weighted by atomic mass is 10.0. The number of sulfone groups is 1. The van der Waals surface area contributed by atoms with Crippen LogP contribution in [0.5, 0.6) is 5.75 Å². The molecule has 1 heterocycles. The Kier molecular flexibility index (Phi) is 4.16. The van der Waals surface area contributed by atoms with Gasteiger partial charge in [0.2, 0.25) is 0 Å². The second-order valence-electron chi connectivity index (χ2n) is 4.81. The van der Waals surface area contributed by atoms with Gasteiger partial charge in [0, 0.05) is 0 Å². The van der Waals surface area contributed by atoms with Gasteiger partial charge in [0.05, 0.1) is 23.3 Å². The molecule has 2 unspecified atom stereocenters. The molecule has 0 bridgehead atoms. The van der Waals surface area contributed by atoms with Crippen molar-refractivity contribution in [3.63, 3.8) is 0 Å². The van der Waals surface area contributed by atoms with E-state index in [9.17, 15) is 8.42 Å². The zero-order valence-corrected chi connectivity index (χ0v) is 12.5. The molecule has 0 radical (unpaired) electrons. The summed E-state index contributed by atoms with van der Waals surface area (Å²) in [4.78, 5) is 0.456. The van der Waals surface area contributed by atoms with Gasteiger partial charge < -0.3 is 10.1 Å². The van der Waals surface area contributed by atoms with Crippen LogP contribution in [0.25, 0.3) is 0 Å². The number of rotatable bonds is 5. The molecule has 4 nitrogen and oxygen atoms in total. The average molecular weight is 283 g/mol. The number of hydrogen-bond acceptors (Lipinski definition) is 4. The molecular weight excluding hydrogens is 262 g/mol. The topological polar surface area (TPSA) is 55.4 Å². The molecule has 0 spiro atoms. The Morgan fingerprint density at radius 2 is 2.05 bits per heavy atom. The largest absolute Gasteiger partial charge is 0.497 e. The van der Waals surface area contributed by atoms with Crippen LogP contribution in [0.1, 0.15) is 38.3 Å². The lowest BCUT2D eigenvalue weighted by Gasteiger charge is -2.19. The summed E-state index contributed by atoms with van der Waals surface area (Å²) < 4.78 is 30.4. The quantitative estimate of drug-likeness (QED) is 0.901. The lowest BCUT2D eigenvalue weighted by Crippen LogP contribution is -2.31. The second-order valence-corrected chi connectivity index (χ2v) is 6.95. The molecule has 0 saturated carbocycles. The fraction of sp³-hybridized carbons (Fsp3) is 0.571. The first-order valence-electron chi connectivity index (χ1n) is 6.71. The Morgan fingerprint density at radius 1 is 1.32 bits per heavy atom. The van der Waals surface area contributed by atoms with Gasteiger partial charge in [-0.15, -0.1) is 0 Å². The van der Waals surface area contributed by atoms with Crippen molar-refractivity contribution in [2.75, 3.05) is 13.7 Å². The van der Waals surface area contributed by atoms with E-state index in [-0.39, 0.29) is 11.3 Å². The minimum absolute atomic E-state index is 0.125. The first-order valence-corrected chi connectivity index (χ1v) is 8.26. The third-order valence-electron chi connectivity index (χ3n) is 3.63. The summed E-state index contributed by atoms with van der Waals surface area (Å²) in [6, 6.07) is 5.10. The van der Waals surface area contributed by atoms with Crippen molar-refractivity contribution in [1.82, 2.24) is 5.32 Å². The van der Waals surface area contributed by atoms with Crippen LogP contribution in [-0.4, -0.2) is 27.3 Å². The maximum absolute atomic E-state index is 12.6. The Balaban J connectivity index is 2.54. The molecule has 2 rings (SSSR count). The normalized spacial score (nSPS) is 24.2. The van der Waals surface area contributed by atoms with Gasteiger partial charge in [-0.3, -0.25) is 0 Å². The van der Waals surface area contributed by atoms with Gasteiger partial charge in [0.25, 0.3) is 0 Å². The Bertz CT molecular complexity index is 554. The lowest BCUT2D eigenvalue weighted by molar-refractivity contribution is 0.412. The molecule has 19 heavy (non-hydrogen) atoms. The van der Waals surface area contributed by atoms with E-state index in [4.69, 9.17) is 4.74 Å². The zero-order valence-electron chi connectivity index (χ0n) is 11.6. The average Bonchev–Trinajstić information content (AvgIpc) is 2.60. The molecule has 5 heteroatoms. The van der Waals surface area contributed by atoms with Crippen molar-refractivity contribution >= 4 is 9.84 Å². The van der Waals surface area contributed by atoms with Gasteiger partial charge in [-0.05, 0) is 36.7 Å². The molecule has 0 aromatic heterocycles. The predicted molar refractivity (Wildman–Crippen MR) is 75.3 cm³/mol. The van der Waals surface area contributed by atoms with Crippen LogP contribution >= 0.6 is 0 Å². The molecule has 2 atom stereocenters. The zero-order chi connectivity index (χ0) is 14.0. The van der Waals surface area contributed by atoms with Crippen molar-refractivity contribution in [1.29, 1.82) is 0 Å². The SMILES string of the molecule is CCCC1C(NCC)c2cc(OC)ccc2S1(=O)=O. The first-order chi connectivity index (χ1) is 9.06. The molecule has 0 aliphatic carbocycles. The van der Waals surface area contributed by atoms with E-state index in [1.807, 2.05) is 19.9 Å². The van der Waals surface area contributed by atoms with Gasteiger partial charge in [0.15, 0.2) is 9.84 Å². The van der Waals surface area contributed by atoms with Crippen LogP contribution in [0.3, 0.4) is 0 Å². The van der Waals surface area contributed by atoms with Crippen LogP contribution in [0.2, 0.25) is 0 Å². The standard InChI is InChI=1S/C14H21NO3S/c1-4-6-13-14(15-5-2)11-9-10(18-3)7-8-12(11)19(13,16)17/h7-9,13-15H,4-6H2,1-3H3. The van der Waals surface area contributed by atoms with Gasteiger partial charge >= 0.3 is 0 Å². The molecule has 0 fully saturated rings. The van der Waals surface area contributed by atoms with E-state index in [1.165, 1.54) is 0 Å². The van der Waals surface area contributed by atoms with Crippen LogP contribution in [-0.2, 0) is 9.84 Å². The van der Waals surface area contributed by atoms with Crippen molar-refractivity contribution < 1.29 is 13.2 Å².